The summed E-state index contributed by atoms with van der Waals surface area (Å²) in [5, 5.41) is 0.403. The molecule has 1 aliphatic carbocycles. The average molecular weight is 453 g/mol. The summed E-state index contributed by atoms with van der Waals surface area (Å²) in [7, 11) is 3.11. The maximum absolute atomic E-state index is 13.5. The average Bonchev–Trinajstić information content (AvgIpc) is 3.58. The van der Waals surface area contributed by atoms with E-state index in [1.807, 2.05) is 37.8 Å². The van der Waals surface area contributed by atoms with Crippen LogP contribution in [-0.2, 0) is 14.3 Å². The standard InChI is InChI=1S/C23H33ClN2O5/c1-14(2)10-21(27)25-8-9-31-20(13-25)23(28)26(17-6-7-17)15(3)16-11-18(29-4)22(24)19(12-16)30-5/h11-12,14-15,17,20H,6-10,13H2,1-5H3/t15?,20-/m1/s1. The quantitative estimate of drug-likeness (QED) is 0.601. The van der Waals surface area contributed by atoms with E-state index < -0.39 is 6.10 Å². The number of nitrogens with zero attached hydrogens (tertiary/aromatic N) is 2. The predicted octanol–water partition coefficient (Wildman–Crippen LogP) is 3.68. The van der Waals surface area contributed by atoms with Gasteiger partial charge in [0.05, 0.1) is 33.4 Å². The molecule has 172 valence electrons. The number of carbonyl (C=O) groups is 2. The third-order valence-electron chi connectivity index (χ3n) is 5.84. The van der Waals surface area contributed by atoms with Gasteiger partial charge < -0.3 is 24.0 Å². The Bertz CT molecular complexity index is 786. The minimum atomic E-state index is -0.649. The van der Waals surface area contributed by atoms with Crippen LogP contribution in [0.25, 0.3) is 0 Å². The maximum Gasteiger partial charge on any atom is 0.254 e. The molecule has 1 aromatic rings. The lowest BCUT2D eigenvalue weighted by Gasteiger charge is -2.37. The van der Waals surface area contributed by atoms with E-state index in [4.69, 9.17) is 25.8 Å². The van der Waals surface area contributed by atoms with E-state index in [0.717, 1.165) is 18.4 Å². The van der Waals surface area contributed by atoms with Crippen molar-refractivity contribution in [1.82, 2.24) is 9.80 Å². The molecule has 2 aliphatic rings. The van der Waals surface area contributed by atoms with Gasteiger partial charge in [-0.3, -0.25) is 9.59 Å². The van der Waals surface area contributed by atoms with Gasteiger partial charge >= 0.3 is 0 Å². The Kier molecular flexibility index (Phi) is 7.70. The van der Waals surface area contributed by atoms with Crippen LogP contribution < -0.4 is 9.47 Å². The molecule has 0 spiro atoms. The number of hydrogen-bond acceptors (Lipinski definition) is 5. The molecule has 2 amide bonds. The molecule has 0 aromatic heterocycles. The number of methoxy groups -OCH3 is 2. The van der Waals surface area contributed by atoms with E-state index in [9.17, 15) is 9.59 Å². The molecular weight excluding hydrogens is 420 g/mol. The van der Waals surface area contributed by atoms with E-state index in [1.165, 1.54) is 0 Å². The zero-order valence-electron chi connectivity index (χ0n) is 19.0. The third kappa shape index (κ3) is 5.44. The van der Waals surface area contributed by atoms with Crippen molar-refractivity contribution in [3.8, 4) is 11.5 Å². The fourth-order valence-electron chi connectivity index (χ4n) is 4.00. The number of ether oxygens (including phenoxy) is 3. The van der Waals surface area contributed by atoms with Gasteiger partial charge in [-0.15, -0.1) is 0 Å². The predicted molar refractivity (Wildman–Crippen MR) is 119 cm³/mol. The summed E-state index contributed by atoms with van der Waals surface area (Å²) < 4.78 is 16.6. The lowest BCUT2D eigenvalue weighted by atomic mass is 10.0. The van der Waals surface area contributed by atoms with Crippen LogP contribution in [-0.4, -0.2) is 67.7 Å². The minimum absolute atomic E-state index is 0.0781. The Balaban J connectivity index is 1.80. The summed E-state index contributed by atoms with van der Waals surface area (Å²) in [6, 6.07) is 3.64. The molecule has 1 saturated carbocycles. The molecule has 1 aliphatic heterocycles. The monoisotopic (exact) mass is 452 g/mol. The van der Waals surface area contributed by atoms with Crippen molar-refractivity contribution < 1.29 is 23.8 Å². The van der Waals surface area contributed by atoms with Crippen molar-refractivity contribution in [1.29, 1.82) is 0 Å². The molecule has 2 fully saturated rings. The molecule has 1 unspecified atom stereocenters. The van der Waals surface area contributed by atoms with Gasteiger partial charge in [0.2, 0.25) is 5.91 Å². The normalized spacial score (nSPS) is 19.8. The largest absolute Gasteiger partial charge is 0.495 e. The van der Waals surface area contributed by atoms with Crippen molar-refractivity contribution in [2.24, 2.45) is 5.92 Å². The smallest absolute Gasteiger partial charge is 0.254 e. The SMILES string of the molecule is COc1cc(C(C)N(C(=O)[C@H]2CN(C(=O)CC(C)C)CCO2)C2CC2)cc(OC)c1Cl. The van der Waals surface area contributed by atoms with E-state index >= 15 is 0 Å². The summed E-state index contributed by atoms with van der Waals surface area (Å²) in [4.78, 5) is 29.7. The van der Waals surface area contributed by atoms with Gasteiger partial charge in [0.25, 0.3) is 5.91 Å². The van der Waals surface area contributed by atoms with E-state index in [0.29, 0.717) is 42.6 Å². The fraction of sp³-hybridized carbons (Fsp3) is 0.652. The van der Waals surface area contributed by atoms with Crippen LogP contribution >= 0.6 is 11.6 Å². The molecule has 1 heterocycles. The number of carbonyl (C=O) groups excluding carboxylic acids is 2. The van der Waals surface area contributed by atoms with Crippen LogP contribution in [0, 0.1) is 5.92 Å². The molecule has 0 bridgehead atoms. The topological polar surface area (TPSA) is 68.3 Å². The Morgan fingerprint density at radius 2 is 1.81 bits per heavy atom. The zero-order chi connectivity index (χ0) is 22.7. The summed E-state index contributed by atoms with van der Waals surface area (Å²) in [5.41, 5.74) is 0.877. The first-order chi connectivity index (χ1) is 14.8. The fourth-order valence-corrected chi connectivity index (χ4v) is 4.26. The lowest BCUT2D eigenvalue weighted by molar-refractivity contribution is -0.156. The van der Waals surface area contributed by atoms with Crippen molar-refractivity contribution in [3.63, 3.8) is 0 Å². The first-order valence-electron chi connectivity index (χ1n) is 10.9. The highest BCUT2D eigenvalue weighted by Gasteiger charge is 2.41. The summed E-state index contributed by atoms with van der Waals surface area (Å²) in [6.07, 6.45) is 1.75. The van der Waals surface area contributed by atoms with Crippen LogP contribution in [0.5, 0.6) is 11.5 Å². The van der Waals surface area contributed by atoms with Crippen LogP contribution in [0.3, 0.4) is 0 Å². The minimum Gasteiger partial charge on any atom is -0.495 e. The van der Waals surface area contributed by atoms with Crippen LogP contribution in [0.15, 0.2) is 12.1 Å². The van der Waals surface area contributed by atoms with E-state index in [2.05, 4.69) is 0 Å². The molecule has 1 aromatic carbocycles. The Morgan fingerprint density at radius 3 is 2.32 bits per heavy atom. The van der Waals surface area contributed by atoms with Gasteiger partial charge in [-0.2, -0.15) is 0 Å². The summed E-state index contributed by atoms with van der Waals surface area (Å²) in [6.45, 7) is 7.23. The number of amides is 2. The van der Waals surface area contributed by atoms with Crippen molar-refractivity contribution >= 4 is 23.4 Å². The van der Waals surface area contributed by atoms with Gasteiger partial charge in [-0.05, 0) is 43.4 Å². The highest BCUT2D eigenvalue weighted by Crippen LogP contribution is 2.41. The lowest BCUT2D eigenvalue weighted by Crippen LogP contribution is -2.53. The second-order valence-electron chi connectivity index (χ2n) is 8.69. The van der Waals surface area contributed by atoms with Gasteiger partial charge in [-0.1, -0.05) is 25.4 Å². The molecule has 0 radical (unpaired) electrons. The Morgan fingerprint density at radius 1 is 1.19 bits per heavy atom. The molecule has 2 atom stereocenters. The Hall–Kier alpha value is -1.99. The molecule has 8 heteroatoms. The van der Waals surface area contributed by atoms with Crippen molar-refractivity contribution in [2.75, 3.05) is 33.9 Å². The van der Waals surface area contributed by atoms with Crippen molar-refractivity contribution in [2.45, 2.75) is 58.2 Å². The molecule has 1 saturated heterocycles. The highest BCUT2D eigenvalue weighted by molar-refractivity contribution is 6.33. The van der Waals surface area contributed by atoms with Crippen LogP contribution in [0.4, 0.5) is 0 Å². The van der Waals surface area contributed by atoms with Gasteiger partial charge in [0.1, 0.15) is 16.5 Å². The highest BCUT2D eigenvalue weighted by atomic mass is 35.5. The van der Waals surface area contributed by atoms with E-state index in [-0.39, 0.29) is 29.8 Å². The molecule has 31 heavy (non-hydrogen) atoms. The number of rotatable bonds is 8. The molecule has 0 N–H and O–H groups in total. The van der Waals surface area contributed by atoms with Gasteiger partial charge in [0, 0.05) is 19.0 Å². The number of morpholine rings is 1. The van der Waals surface area contributed by atoms with Crippen molar-refractivity contribution in [3.05, 3.63) is 22.7 Å². The summed E-state index contributed by atoms with van der Waals surface area (Å²) in [5.74, 6) is 1.29. The van der Waals surface area contributed by atoms with Gasteiger partial charge in [-0.25, -0.2) is 0 Å². The van der Waals surface area contributed by atoms with Crippen LogP contribution in [0.1, 0.15) is 51.6 Å². The first-order valence-corrected chi connectivity index (χ1v) is 11.3. The maximum atomic E-state index is 13.5. The first kappa shape index (κ1) is 23.7. The third-order valence-corrected chi connectivity index (χ3v) is 6.21. The number of hydrogen-bond donors (Lipinski definition) is 0. The second-order valence-corrected chi connectivity index (χ2v) is 9.07. The summed E-state index contributed by atoms with van der Waals surface area (Å²) >= 11 is 6.32. The Labute approximate surface area is 189 Å². The van der Waals surface area contributed by atoms with Crippen LogP contribution in [0.2, 0.25) is 5.02 Å². The molecule has 7 nitrogen and oxygen atoms in total. The molecular formula is C23H33ClN2O5. The molecule has 3 rings (SSSR count). The number of benzene rings is 1. The zero-order valence-corrected chi connectivity index (χ0v) is 19.8. The van der Waals surface area contributed by atoms with Gasteiger partial charge in [0.15, 0.2) is 6.10 Å². The second kappa shape index (κ2) is 10.1. The van der Waals surface area contributed by atoms with E-state index in [1.54, 1.807) is 19.1 Å². The number of halogens is 1.